The van der Waals surface area contributed by atoms with E-state index in [0.29, 0.717) is 11.5 Å². The fourth-order valence-electron chi connectivity index (χ4n) is 5.73. The number of aliphatic hydroxyl groups excluding tert-OH is 1. The number of unbranched alkanes of at least 4 members (excludes halogenated alkanes) is 3. The second-order valence-electron chi connectivity index (χ2n) is 7.30. The van der Waals surface area contributed by atoms with E-state index >= 15 is 0 Å². The summed E-state index contributed by atoms with van der Waals surface area (Å²) < 4.78 is 1.27. The molecule has 1 N–H and O–H groups in total. The predicted molar refractivity (Wildman–Crippen MR) is 74.2 cm³/mol. The van der Waals surface area contributed by atoms with Crippen LogP contribution in [0.25, 0.3) is 0 Å². The van der Waals surface area contributed by atoms with Crippen LogP contribution in [0.1, 0.15) is 58.8 Å². The minimum Gasteiger partial charge on any atom is -0.387 e. The Balaban J connectivity index is 1.74. The largest absolute Gasteiger partial charge is 0.387 e. The van der Waals surface area contributed by atoms with Crippen molar-refractivity contribution < 1.29 is 9.59 Å². The molecule has 5 atom stereocenters. The molecule has 2 saturated heterocycles. The highest BCUT2D eigenvalue weighted by atomic mass is 16.3. The van der Waals surface area contributed by atoms with Gasteiger partial charge in [-0.05, 0) is 32.6 Å². The van der Waals surface area contributed by atoms with E-state index in [1.807, 2.05) is 0 Å². The zero-order valence-electron chi connectivity index (χ0n) is 12.2. The number of nitrogens with zero attached hydrogens (tertiary/aromatic N) is 1. The summed E-state index contributed by atoms with van der Waals surface area (Å²) in [7, 11) is 0. The molecule has 0 radical (unpaired) electrons. The fourth-order valence-corrected chi connectivity index (χ4v) is 5.73. The first kappa shape index (κ1) is 12.9. The van der Waals surface area contributed by atoms with Gasteiger partial charge in [0.25, 0.3) is 0 Å². The number of aliphatic hydroxyl groups is 1. The Morgan fingerprint density at radius 1 is 1.17 bits per heavy atom. The van der Waals surface area contributed by atoms with Gasteiger partial charge in [0.2, 0.25) is 0 Å². The van der Waals surface area contributed by atoms with Gasteiger partial charge in [0.15, 0.2) is 0 Å². The van der Waals surface area contributed by atoms with E-state index in [2.05, 4.69) is 13.8 Å². The molecule has 2 nitrogen and oxygen atoms in total. The van der Waals surface area contributed by atoms with Gasteiger partial charge in [-0.2, -0.15) is 0 Å². The molecule has 18 heavy (non-hydrogen) atoms. The first-order chi connectivity index (χ1) is 8.64. The van der Waals surface area contributed by atoms with Crippen LogP contribution in [0.2, 0.25) is 0 Å². The normalized spacial score (nSPS) is 49.8. The van der Waals surface area contributed by atoms with E-state index in [-0.39, 0.29) is 6.10 Å². The van der Waals surface area contributed by atoms with Crippen LogP contribution < -0.4 is 0 Å². The molecule has 0 spiro atoms. The van der Waals surface area contributed by atoms with Crippen LogP contribution in [-0.4, -0.2) is 40.9 Å². The average Bonchev–Trinajstić information content (AvgIpc) is 2.89. The smallest absolute Gasteiger partial charge is 0.112 e. The first-order valence-electron chi connectivity index (χ1n) is 8.18. The highest BCUT2D eigenvalue weighted by Crippen LogP contribution is 2.59. The van der Waals surface area contributed by atoms with Gasteiger partial charge in [-0.1, -0.05) is 19.8 Å². The van der Waals surface area contributed by atoms with Gasteiger partial charge in [-0.3, -0.25) is 0 Å². The molecule has 3 aliphatic rings. The lowest BCUT2D eigenvalue weighted by molar-refractivity contribution is -0.953. The maximum absolute atomic E-state index is 10.4. The van der Waals surface area contributed by atoms with Crippen molar-refractivity contribution >= 4 is 0 Å². The molecule has 2 aliphatic heterocycles. The molecule has 0 aromatic heterocycles. The molecule has 3 rings (SSSR count). The predicted octanol–water partition coefficient (Wildman–Crippen LogP) is 2.95. The molecule has 0 aromatic rings. The van der Waals surface area contributed by atoms with Crippen molar-refractivity contribution in [2.75, 3.05) is 19.6 Å². The monoisotopic (exact) mass is 252 g/mol. The van der Waals surface area contributed by atoms with Gasteiger partial charge in [0.1, 0.15) is 18.2 Å². The van der Waals surface area contributed by atoms with Crippen LogP contribution >= 0.6 is 0 Å². The molecule has 0 aromatic carbocycles. The Labute approximate surface area is 112 Å². The maximum atomic E-state index is 10.4. The quantitative estimate of drug-likeness (QED) is 0.589. The molecule has 1 aliphatic carbocycles. The van der Waals surface area contributed by atoms with Gasteiger partial charge in [0.05, 0.1) is 13.1 Å². The lowest BCUT2D eigenvalue weighted by atomic mass is 9.83. The number of rotatable bonds is 5. The Kier molecular flexibility index (Phi) is 3.22. The van der Waals surface area contributed by atoms with Crippen LogP contribution in [0.15, 0.2) is 0 Å². The number of hydrogen-bond donors (Lipinski definition) is 1. The molecule has 0 unspecified atom stereocenters. The first-order valence-corrected chi connectivity index (χ1v) is 8.18. The van der Waals surface area contributed by atoms with E-state index in [4.69, 9.17) is 0 Å². The molecule has 1 saturated carbocycles. The lowest BCUT2D eigenvalue weighted by Crippen LogP contribution is -2.58. The summed E-state index contributed by atoms with van der Waals surface area (Å²) >= 11 is 0. The van der Waals surface area contributed by atoms with Crippen molar-refractivity contribution in [1.82, 2.24) is 0 Å². The third-order valence-electron chi connectivity index (χ3n) is 6.77. The Morgan fingerprint density at radius 2 is 2.00 bits per heavy atom. The molecule has 0 bridgehead atoms. The molecule has 104 valence electrons. The van der Waals surface area contributed by atoms with Crippen molar-refractivity contribution in [1.29, 1.82) is 0 Å². The number of quaternary nitrogens is 1. The van der Waals surface area contributed by atoms with Gasteiger partial charge < -0.3 is 9.59 Å². The lowest BCUT2D eigenvalue weighted by Gasteiger charge is -2.44. The third kappa shape index (κ3) is 1.54. The van der Waals surface area contributed by atoms with E-state index in [1.165, 1.54) is 62.5 Å². The van der Waals surface area contributed by atoms with Crippen molar-refractivity contribution in [3.8, 4) is 0 Å². The van der Waals surface area contributed by atoms with Crippen LogP contribution in [0.3, 0.4) is 0 Å². The van der Waals surface area contributed by atoms with Gasteiger partial charge in [-0.25, -0.2) is 0 Å². The Hall–Kier alpha value is -0.0800. The van der Waals surface area contributed by atoms with Crippen LogP contribution in [0, 0.1) is 11.8 Å². The summed E-state index contributed by atoms with van der Waals surface area (Å²) in [5.41, 5.74) is 0.436. The van der Waals surface area contributed by atoms with Crippen molar-refractivity contribution in [2.45, 2.75) is 70.4 Å². The van der Waals surface area contributed by atoms with E-state index in [0.717, 1.165) is 12.5 Å². The van der Waals surface area contributed by atoms with Crippen molar-refractivity contribution in [3.05, 3.63) is 0 Å². The minimum absolute atomic E-state index is 0.00789. The molecular formula is C16H30NO+. The SMILES string of the molecule is CCCCCC[N@+]12CC[C@@H]3CC[C@H]([C@@H](O)C1)[C@@]32C. The maximum Gasteiger partial charge on any atom is 0.112 e. The fraction of sp³-hybridized carbons (Fsp3) is 1.00. The topological polar surface area (TPSA) is 20.2 Å². The summed E-state index contributed by atoms with van der Waals surface area (Å²) in [6.45, 7) is 8.54. The molecule has 2 heterocycles. The molecule has 0 amide bonds. The van der Waals surface area contributed by atoms with Crippen molar-refractivity contribution in [3.63, 3.8) is 0 Å². The van der Waals surface area contributed by atoms with Gasteiger partial charge in [-0.15, -0.1) is 0 Å². The highest BCUT2D eigenvalue weighted by molar-refractivity contribution is 5.07. The summed E-state index contributed by atoms with van der Waals surface area (Å²) in [4.78, 5) is 0. The van der Waals surface area contributed by atoms with E-state index in [1.54, 1.807) is 0 Å². The summed E-state index contributed by atoms with van der Waals surface area (Å²) in [5.74, 6) is 1.52. The van der Waals surface area contributed by atoms with E-state index in [9.17, 15) is 5.11 Å². The van der Waals surface area contributed by atoms with Crippen molar-refractivity contribution in [2.24, 2.45) is 11.8 Å². The summed E-state index contributed by atoms with van der Waals surface area (Å²) in [6.07, 6.45) is 9.55. The summed E-state index contributed by atoms with van der Waals surface area (Å²) in [6, 6.07) is 0. The third-order valence-corrected chi connectivity index (χ3v) is 6.77. The highest BCUT2D eigenvalue weighted by Gasteiger charge is 2.70. The average molecular weight is 252 g/mol. The Morgan fingerprint density at radius 3 is 2.78 bits per heavy atom. The zero-order valence-corrected chi connectivity index (χ0v) is 12.2. The standard InChI is InChI=1S/C16H30NO/c1-3-4-5-6-10-17-11-9-13-7-8-14(15(18)12-17)16(13,17)2/h13-15,18H,3-12H2,1-2H3/q+1/t13-,14+,15-,16+,17-/m0/s1. The van der Waals surface area contributed by atoms with Crippen LogP contribution in [-0.2, 0) is 0 Å². The van der Waals surface area contributed by atoms with Gasteiger partial charge >= 0.3 is 0 Å². The Bertz CT molecular complexity index is 318. The zero-order chi connectivity index (χ0) is 12.8. The van der Waals surface area contributed by atoms with E-state index < -0.39 is 0 Å². The van der Waals surface area contributed by atoms with Crippen LogP contribution in [0.5, 0.6) is 0 Å². The molecule has 3 fully saturated rings. The second-order valence-corrected chi connectivity index (χ2v) is 7.30. The second kappa shape index (κ2) is 4.49. The van der Waals surface area contributed by atoms with Crippen LogP contribution in [0.4, 0.5) is 0 Å². The van der Waals surface area contributed by atoms with Gasteiger partial charge in [0, 0.05) is 18.3 Å². The summed E-state index contributed by atoms with van der Waals surface area (Å²) in [5, 5.41) is 10.4. The number of hydrogen-bond acceptors (Lipinski definition) is 1. The molecule has 2 heteroatoms. The molecular weight excluding hydrogens is 222 g/mol. The minimum atomic E-state index is -0.00789.